The number of unbranched alkanes of at least 4 members (excludes halogenated alkanes) is 2. The number of aliphatic hydroxyl groups is 4. The number of hydrogen-bond donors (Lipinski definition) is 5. The highest BCUT2D eigenvalue weighted by molar-refractivity contribution is 5.67. The van der Waals surface area contributed by atoms with Gasteiger partial charge in [-0.3, -0.25) is 0 Å². The lowest BCUT2D eigenvalue weighted by molar-refractivity contribution is -0.0715. The number of nitrogens with zero attached hydrogens (tertiary/aromatic N) is 2. The summed E-state index contributed by atoms with van der Waals surface area (Å²) in [7, 11) is 0. The molecule has 5 N–H and O–H groups in total. The van der Waals surface area contributed by atoms with E-state index in [-0.39, 0.29) is 6.54 Å². The average Bonchev–Trinajstić information content (AvgIpc) is 2.61. The van der Waals surface area contributed by atoms with Gasteiger partial charge in [0.1, 0.15) is 17.9 Å². The van der Waals surface area contributed by atoms with E-state index in [1.54, 1.807) is 0 Å². The third-order valence-electron chi connectivity index (χ3n) is 4.13. The smallest absolute Gasteiger partial charge is 0.110 e. The van der Waals surface area contributed by atoms with Gasteiger partial charge in [0.25, 0.3) is 0 Å². The molecule has 0 bridgehead atoms. The highest BCUT2D eigenvalue weighted by Crippen LogP contribution is 2.29. The van der Waals surface area contributed by atoms with Gasteiger partial charge in [-0.15, -0.1) is 0 Å². The fourth-order valence-electron chi connectivity index (χ4n) is 2.28. The Hall–Kier alpha value is -1.54. The molecule has 0 aliphatic rings. The molecule has 0 amide bonds. The minimum absolute atomic E-state index is 0.0130. The molecule has 1 aromatic carbocycles. The Balaban J connectivity index is 2.78. The van der Waals surface area contributed by atoms with E-state index in [4.69, 9.17) is 5.11 Å². The predicted octanol–water partition coefficient (Wildman–Crippen LogP) is 2.06. The number of hydrogen-bond acceptors (Lipinski definition) is 7. The van der Waals surface area contributed by atoms with Crippen molar-refractivity contribution in [1.29, 1.82) is 0 Å². The van der Waals surface area contributed by atoms with Crippen LogP contribution in [-0.2, 0) is 0 Å². The Morgan fingerprint density at radius 3 is 2.36 bits per heavy atom. The van der Waals surface area contributed by atoms with Gasteiger partial charge < -0.3 is 25.7 Å². The zero-order valence-corrected chi connectivity index (χ0v) is 15.3. The van der Waals surface area contributed by atoms with Crippen molar-refractivity contribution in [2.24, 2.45) is 10.2 Å². The number of nitrogens with one attached hydrogen (secondary N) is 1. The summed E-state index contributed by atoms with van der Waals surface area (Å²) < 4.78 is 0. The second kappa shape index (κ2) is 11.1. The van der Waals surface area contributed by atoms with E-state index in [1.807, 2.05) is 26.0 Å². The Bertz CT molecular complexity index is 551. The van der Waals surface area contributed by atoms with Crippen LogP contribution >= 0.6 is 0 Å². The zero-order valence-electron chi connectivity index (χ0n) is 15.3. The van der Waals surface area contributed by atoms with Crippen molar-refractivity contribution < 1.29 is 20.4 Å². The Morgan fingerprint density at radius 2 is 1.72 bits per heavy atom. The molecule has 0 spiro atoms. The van der Waals surface area contributed by atoms with Crippen LogP contribution in [0.15, 0.2) is 22.4 Å². The lowest BCUT2D eigenvalue weighted by Crippen LogP contribution is -2.42. The van der Waals surface area contributed by atoms with Gasteiger partial charge in [-0.1, -0.05) is 19.8 Å². The molecular weight excluding hydrogens is 322 g/mol. The Morgan fingerprint density at radius 1 is 1.04 bits per heavy atom. The SMILES string of the molecule is CCCCCN=Nc1cc(C)c(C)cc1NC[C@H](O)[C@H](O)[C@H](O)CO. The van der Waals surface area contributed by atoms with Crippen molar-refractivity contribution in [2.45, 2.75) is 58.3 Å². The molecule has 1 rings (SSSR count). The number of rotatable bonds is 11. The van der Waals surface area contributed by atoms with E-state index in [2.05, 4.69) is 22.5 Å². The molecule has 7 heteroatoms. The number of aliphatic hydroxyl groups excluding tert-OH is 4. The topological polar surface area (TPSA) is 118 Å². The van der Waals surface area contributed by atoms with Crippen LogP contribution < -0.4 is 5.32 Å². The molecular formula is C18H31N3O4. The van der Waals surface area contributed by atoms with Crippen molar-refractivity contribution in [2.75, 3.05) is 25.0 Å². The van der Waals surface area contributed by atoms with E-state index < -0.39 is 24.9 Å². The van der Waals surface area contributed by atoms with Crippen LogP contribution in [0.4, 0.5) is 11.4 Å². The summed E-state index contributed by atoms with van der Waals surface area (Å²) in [6.45, 7) is 6.17. The highest BCUT2D eigenvalue weighted by Gasteiger charge is 2.24. The largest absolute Gasteiger partial charge is 0.394 e. The number of anilines is 1. The molecule has 0 fully saturated rings. The monoisotopic (exact) mass is 353 g/mol. The summed E-state index contributed by atoms with van der Waals surface area (Å²) in [6, 6.07) is 3.84. The molecule has 0 saturated heterocycles. The molecule has 0 saturated carbocycles. The maximum atomic E-state index is 9.93. The van der Waals surface area contributed by atoms with Crippen molar-refractivity contribution in [3.8, 4) is 0 Å². The molecule has 142 valence electrons. The summed E-state index contributed by atoms with van der Waals surface area (Å²) in [6.07, 6.45) is -0.784. The van der Waals surface area contributed by atoms with E-state index in [0.29, 0.717) is 17.9 Å². The molecule has 0 aliphatic carbocycles. The van der Waals surface area contributed by atoms with Gasteiger partial charge in [-0.25, -0.2) is 0 Å². The van der Waals surface area contributed by atoms with E-state index in [9.17, 15) is 15.3 Å². The second-order valence-electron chi connectivity index (χ2n) is 6.31. The number of aryl methyl sites for hydroxylation is 2. The molecule has 25 heavy (non-hydrogen) atoms. The van der Waals surface area contributed by atoms with Crippen LogP contribution in [0.1, 0.15) is 37.3 Å². The average molecular weight is 353 g/mol. The number of azo groups is 1. The van der Waals surface area contributed by atoms with E-state index >= 15 is 0 Å². The van der Waals surface area contributed by atoms with Gasteiger partial charge in [-0.2, -0.15) is 10.2 Å². The fourth-order valence-corrected chi connectivity index (χ4v) is 2.28. The first-order chi connectivity index (χ1) is 11.9. The van der Waals surface area contributed by atoms with E-state index in [1.165, 1.54) is 0 Å². The third kappa shape index (κ3) is 7.07. The normalized spacial score (nSPS) is 15.3. The van der Waals surface area contributed by atoms with Crippen LogP contribution in [0.2, 0.25) is 0 Å². The fraction of sp³-hybridized carbons (Fsp3) is 0.667. The Kier molecular flexibility index (Phi) is 9.59. The molecule has 0 radical (unpaired) electrons. The molecule has 7 nitrogen and oxygen atoms in total. The van der Waals surface area contributed by atoms with Gasteiger partial charge >= 0.3 is 0 Å². The van der Waals surface area contributed by atoms with Crippen LogP contribution in [0.25, 0.3) is 0 Å². The minimum Gasteiger partial charge on any atom is -0.394 e. The van der Waals surface area contributed by atoms with Crippen molar-refractivity contribution >= 4 is 11.4 Å². The van der Waals surface area contributed by atoms with Crippen LogP contribution in [0.5, 0.6) is 0 Å². The molecule has 1 aromatic rings. The summed E-state index contributed by atoms with van der Waals surface area (Å²) in [5.41, 5.74) is 3.53. The van der Waals surface area contributed by atoms with Gasteiger partial charge in [0.2, 0.25) is 0 Å². The van der Waals surface area contributed by atoms with Crippen LogP contribution in [0.3, 0.4) is 0 Å². The molecule has 0 aromatic heterocycles. The molecule has 3 atom stereocenters. The lowest BCUT2D eigenvalue weighted by atomic mass is 10.1. The standard InChI is InChI=1S/C18H31N3O4/c1-4-5-6-7-20-21-15-9-13(3)12(2)8-14(15)19-10-16(23)18(25)17(24)11-22/h8-9,16-19,22-25H,4-7,10-11H2,1-3H3/t16-,17+,18-/m0/s1. The Labute approximate surface area is 149 Å². The van der Waals surface area contributed by atoms with Gasteiger partial charge in [-0.05, 0) is 43.5 Å². The molecule has 0 heterocycles. The summed E-state index contributed by atoms with van der Waals surface area (Å²) >= 11 is 0. The predicted molar refractivity (Wildman–Crippen MR) is 98.4 cm³/mol. The van der Waals surface area contributed by atoms with Crippen LogP contribution in [0, 0.1) is 13.8 Å². The third-order valence-corrected chi connectivity index (χ3v) is 4.13. The molecule has 0 unspecified atom stereocenters. The maximum Gasteiger partial charge on any atom is 0.110 e. The highest BCUT2D eigenvalue weighted by atomic mass is 16.4. The van der Waals surface area contributed by atoms with Crippen molar-refractivity contribution in [3.63, 3.8) is 0 Å². The first-order valence-corrected chi connectivity index (χ1v) is 8.78. The summed E-state index contributed by atoms with van der Waals surface area (Å²) in [4.78, 5) is 0. The summed E-state index contributed by atoms with van der Waals surface area (Å²) in [5, 5.41) is 49.4. The first kappa shape index (κ1) is 21.5. The van der Waals surface area contributed by atoms with Gasteiger partial charge in [0.15, 0.2) is 0 Å². The first-order valence-electron chi connectivity index (χ1n) is 8.78. The second-order valence-corrected chi connectivity index (χ2v) is 6.31. The minimum atomic E-state index is -1.43. The zero-order chi connectivity index (χ0) is 18.8. The van der Waals surface area contributed by atoms with Gasteiger partial charge in [0, 0.05) is 6.54 Å². The van der Waals surface area contributed by atoms with Gasteiger partial charge in [0.05, 0.1) is 24.9 Å². The lowest BCUT2D eigenvalue weighted by Gasteiger charge is -2.22. The van der Waals surface area contributed by atoms with Crippen molar-refractivity contribution in [3.05, 3.63) is 23.3 Å². The molecule has 0 aliphatic heterocycles. The van der Waals surface area contributed by atoms with Crippen LogP contribution in [-0.4, -0.2) is 58.4 Å². The van der Waals surface area contributed by atoms with Crippen molar-refractivity contribution in [1.82, 2.24) is 0 Å². The number of benzene rings is 1. The summed E-state index contributed by atoms with van der Waals surface area (Å²) in [5.74, 6) is 0. The quantitative estimate of drug-likeness (QED) is 0.308. The maximum absolute atomic E-state index is 9.93. The van der Waals surface area contributed by atoms with E-state index in [0.717, 1.165) is 30.4 Å².